The number of aromatic nitrogens is 1. The molecule has 0 fully saturated rings. The van der Waals surface area contributed by atoms with Gasteiger partial charge in [0.05, 0.1) is 11.3 Å². The number of halogens is 1. The maximum Gasteiger partial charge on any atom is 0.248 e. The Morgan fingerprint density at radius 3 is 2.91 bits per heavy atom. The van der Waals surface area contributed by atoms with Gasteiger partial charge in [-0.2, -0.15) is 0 Å². The minimum Gasteiger partial charge on any atom is -0.436 e. The Labute approximate surface area is 132 Å². The SMILES string of the molecule is CC=CC(=O)Nc1ccccc1-c1nc2cc(Cl)ccc2o1. The van der Waals surface area contributed by atoms with Crippen LogP contribution in [0, 0.1) is 0 Å². The van der Waals surface area contributed by atoms with E-state index in [9.17, 15) is 4.79 Å². The number of para-hydroxylation sites is 1. The number of hydrogen-bond donors (Lipinski definition) is 1. The number of hydrogen-bond acceptors (Lipinski definition) is 3. The number of oxazole rings is 1. The predicted molar refractivity (Wildman–Crippen MR) is 87.9 cm³/mol. The van der Waals surface area contributed by atoms with Crippen molar-refractivity contribution in [3.05, 3.63) is 59.6 Å². The maximum atomic E-state index is 11.7. The average molecular weight is 313 g/mol. The van der Waals surface area contributed by atoms with E-state index >= 15 is 0 Å². The quantitative estimate of drug-likeness (QED) is 0.715. The predicted octanol–water partition coefficient (Wildman–Crippen LogP) is 4.66. The fraction of sp³-hybridized carbons (Fsp3) is 0.0588. The van der Waals surface area contributed by atoms with Gasteiger partial charge >= 0.3 is 0 Å². The number of anilines is 1. The van der Waals surface area contributed by atoms with Gasteiger partial charge in [-0.1, -0.05) is 29.8 Å². The van der Waals surface area contributed by atoms with Crippen LogP contribution in [0.3, 0.4) is 0 Å². The Hall–Kier alpha value is -2.59. The highest BCUT2D eigenvalue weighted by atomic mass is 35.5. The first-order valence-corrected chi connectivity index (χ1v) is 7.14. The van der Waals surface area contributed by atoms with E-state index in [2.05, 4.69) is 10.3 Å². The summed E-state index contributed by atoms with van der Waals surface area (Å²) < 4.78 is 5.75. The molecule has 0 bridgehead atoms. The number of rotatable bonds is 3. The summed E-state index contributed by atoms with van der Waals surface area (Å²) in [6.07, 6.45) is 3.14. The Kier molecular flexibility index (Phi) is 3.94. The van der Waals surface area contributed by atoms with Crippen molar-refractivity contribution in [3.8, 4) is 11.5 Å². The van der Waals surface area contributed by atoms with Crippen LogP contribution in [-0.2, 0) is 4.79 Å². The molecule has 2 aromatic carbocycles. The third kappa shape index (κ3) is 2.87. The normalized spacial score (nSPS) is 11.2. The second-order valence-corrected chi connectivity index (χ2v) is 5.10. The van der Waals surface area contributed by atoms with Crippen LogP contribution in [0.5, 0.6) is 0 Å². The molecule has 1 N–H and O–H groups in total. The first kappa shape index (κ1) is 14.4. The van der Waals surface area contributed by atoms with Crippen molar-refractivity contribution in [3.63, 3.8) is 0 Å². The summed E-state index contributed by atoms with van der Waals surface area (Å²) in [5.41, 5.74) is 2.68. The van der Waals surface area contributed by atoms with Gasteiger partial charge in [0, 0.05) is 5.02 Å². The van der Waals surface area contributed by atoms with E-state index in [1.54, 1.807) is 37.3 Å². The number of fused-ring (bicyclic) bond motifs is 1. The molecule has 0 saturated heterocycles. The molecule has 0 atom stereocenters. The van der Waals surface area contributed by atoms with Crippen molar-refractivity contribution in [1.29, 1.82) is 0 Å². The lowest BCUT2D eigenvalue weighted by atomic mass is 10.1. The molecule has 0 saturated carbocycles. The molecule has 110 valence electrons. The van der Waals surface area contributed by atoms with Gasteiger partial charge in [-0.25, -0.2) is 4.98 Å². The summed E-state index contributed by atoms with van der Waals surface area (Å²) in [6, 6.07) is 12.6. The van der Waals surface area contributed by atoms with Crippen LogP contribution in [0.1, 0.15) is 6.92 Å². The van der Waals surface area contributed by atoms with Crippen LogP contribution in [0.2, 0.25) is 5.02 Å². The number of amides is 1. The van der Waals surface area contributed by atoms with Gasteiger partial charge in [0.25, 0.3) is 0 Å². The molecule has 5 heteroatoms. The number of carbonyl (C=O) groups is 1. The Morgan fingerprint density at radius 2 is 2.09 bits per heavy atom. The van der Waals surface area contributed by atoms with Gasteiger partial charge in [-0.3, -0.25) is 4.79 Å². The lowest BCUT2D eigenvalue weighted by molar-refractivity contribution is -0.111. The fourth-order valence-corrected chi connectivity index (χ4v) is 2.29. The van der Waals surface area contributed by atoms with Crippen LogP contribution in [0.25, 0.3) is 22.6 Å². The minimum absolute atomic E-state index is 0.200. The van der Waals surface area contributed by atoms with E-state index in [4.69, 9.17) is 16.0 Å². The number of nitrogens with one attached hydrogen (secondary N) is 1. The van der Waals surface area contributed by atoms with E-state index in [0.717, 1.165) is 0 Å². The van der Waals surface area contributed by atoms with Gasteiger partial charge < -0.3 is 9.73 Å². The first-order chi connectivity index (χ1) is 10.7. The van der Waals surface area contributed by atoms with Crippen molar-refractivity contribution in [1.82, 2.24) is 4.98 Å². The molecule has 0 aliphatic carbocycles. The summed E-state index contributed by atoms with van der Waals surface area (Å²) >= 11 is 5.96. The zero-order valence-electron chi connectivity index (χ0n) is 11.8. The summed E-state index contributed by atoms with van der Waals surface area (Å²) in [7, 11) is 0. The zero-order valence-corrected chi connectivity index (χ0v) is 12.6. The molecule has 0 aliphatic heterocycles. The van der Waals surface area contributed by atoms with Gasteiger partial charge in [0.15, 0.2) is 5.58 Å². The second kappa shape index (κ2) is 6.03. The molecule has 1 aromatic heterocycles. The third-order valence-electron chi connectivity index (χ3n) is 3.08. The molecule has 0 spiro atoms. The molecular weight excluding hydrogens is 300 g/mol. The minimum atomic E-state index is -0.200. The van der Waals surface area contributed by atoms with Crippen LogP contribution >= 0.6 is 11.6 Å². The van der Waals surface area contributed by atoms with Crippen LogP contribution in [0.4, 0.5) is 5.69 Å². The van der Waals surface area contributed by atoms with Gasteiger partial charge in [0.2, 0.25) is 11.8 Å². The molecule has 3 rings (SSSR count). The van der Waals surface area contributed by atoms with E-state index in [1.807, 2.05) is 18.2 Å². The van der Waals surface area contributed by atoms with E-state index < -0.39 is 0 Å². The standard InChI is InChI=1S/C17H13ClN2O2/c1-2-5-16(21)19-13-7-4-3-6-12(13)17-20-14-10-11(18)8-9-15(14)22-17/h2-10H,1H3,(H,19,21). The largest absolute Gasteiger partial charge is 0.436 e. The number of allylic oxidation sites excluding steroid dienone is 1. The Bertz CT molecular complexity index is 868. The van der Waals surface area contributed by atoms with Crippen molar-refractivity contribution in [2.45, 2.75) is 6.92 Å². The van der Waals surface area contributed by atoms with E-state index in [0.29, 0.717) is 33.3 Å². The van der Waals surface area contributed by atoms with Crippen LogP contribution in [0.15, 0.2) is 59.0 Å². The lowest BCUT2D eigenvalue weighted by Crippen LogP contribution is -2.08. The molecule has 1 amide bonds. The summed E-state index contributed by atoms with van der Waals surface area (Å²) in [6.45, 7) is 1.79. The van der Waals surface area contributed by atoms with Crippen molar-refractivity contribution >= 4 is 34.3 Å². The highest BCUT2D eigenvalue weighted by Gasteiger charge is 2.13. The molecular formula is C17H13ClN2O2. The fourth-order valence-electron chi connectivity index (χ4n) is 2.12. The molecule has 4 nitrogen and oxygen atoms in total. The van der Waals surface area contributed by atoms with Gasteiger partial charge in [-0.05, 0) is 43.3 Å². The van der Waals surface area contributed by atoms with Crippen molar-refractivity contribution in [2.75, 3.05) is 5.32 Å². The molecule has 0 aliphatic rings. The number of carbonyl (C=O) groups excluding carboxylic acids is 1. The smallest absolute Gasteiger partial charge is 0.248 e. The topological polar surface area (TPSA) is 55.1 Å². The molecule has 3 aromatic rings. The summed E-state index contributed by atoms with van der Waals surface area (Å²) in [4.78, 5) is 16.2. The second-order valence-electron chi connectivity index (χ2n) is 4.67. The van der Waals surface area contributed by atoms with E-state index in [-0.39, 0.29) is 5.91 Å². The molecule has 0 radical (unpaired) electrons. The average Bonchev–Trinajstić information content (AvgIpc) is 2.90. The number of benzene rings is 2. The maximum absolute atomic E-state index is 11.7. The summed E-state index contributed by atoms with van der Waals surface area (Å²) in [5.74, 6) is 0.239. The molecule has 22 heavy (non-hydrogen) atoms. The van der Waals surface area contributed by atoms with Crippen molar-refractivity contribution < 1.29 is 9.21 Å². The highest BCUT2D eigenvalue weighted by molar-refractivity contribution is 6.31. The third-order valence-corrected chi connectivity index (χ3v) is 3.32. The highest BCUT2D eigenvalue weighted by Crippen LogP contribution is 2.30. The zero-order chi connectivity index (χ0) is 15.5. The molecule has 0 unspecified atom stereocenters. The van der Waals surface area contributed by atoms with Gasteiger partial charge in [0.1, 0.15) is 5.52 Å². The Balaban J connectivity index is 2.04. The Morgan fingerprint density at radius 1 is 1.27 bits per heavy atom. The van der Waals surface area contributed by atoms with Crippen LogP contribution < -0.4 is 5.32 Å². The number of nitrogens with zero attached hydrogens (tertiary/aromatic N) is 1. The lowest BCUT2D eigenvalue weighted by Gasteiger charge is -2.06. The first-order valence-electron chi connectivity index (χ1n) is 6.76. The monoisotopic (exact) mass is 312 g/mol. The van der Waals surface area contributed by atoms with Crippen molar-refractivity contribution in [2.24, 2.45) is 0 Å². The summed E-state index contributed by atoms with van der Waals surface area (Å²) in [5, 5.41) is 3.41. The van der Waals surface area contributed by atoms with Crippen LogP contribution in [-0.4, -0.2) is 10.9 Å². The molecule has 1 heterocycles. The van der Waals surface area contributed by atoms with Gasteiger partial charge in [-0.15, -0.1) is 0 Å². The van der Waals surface area contributed by atoms with E-state index in [1.165, 1.54) is 6.08 Å².